The summed E-state index contributed by atoms with van der Waals surface area (Å²) in [5.74, 6) is 0.312. The van der Waals surface area contributed by atoms with Crippen LogP contribution in [0.3, 0.4) is 0 Å². The van der Waals surface area contributed by atoms with Gasteiger partial charge in [0.25, 0.3) is 5.91 Å². The summed E-state index contributed by atoms with van der Waals surface area (Å²) in [4.78, 5) is 26.9. The Hall–Kier alpha value is -2.82. The molecule has 0 radical (unpaired) electrons. The number of rotatable bonds is 9. The van der Waals surface area contributed by atoms with E-state index in [-0.39, 0.29) is 18.4 Å². The van der Waals surface area contributed by atoms with E-state index in [9.17, 15) is 9.59 Å². The summed E-state index contributed by atoms with van der Waals surface area (Å²) in [5.41, 5.74) is 3.42. The molecule has 0 unspecified atom stereocenters. The lowest BCUT2D eigenvalue weighted by Gasteiger charge is -2.30. The molecule has 0 aliphatic rings. The Labute approximate surface area is 167 Å². The highest BCUT2D eigenvalue weighted by molar-refractivity contribution is 5.88. The Morgan fingerprint density at radius 2 is 1.79 bits per heavy atom. The minimum Gasteiger partial charge on any atom is -0.484 e. The minimum atomic E-state index is -0.510. The van der Waals surface area contributed by atoms with Gasteiger partial charge < -0.3 is 15.0 Å². The molecule has 0 saturated carbocycles. The predicted molar refractivity (Wildman–Crippen MR) is 111 cm³/mol. The number of benzene rings is 2. The third kappa shape index (κ3) is 5.84. The second-order valence-electron chi connectivity index (χ2n) is 6.90. The second-order valence-corrected chi connectivity index (χ2v) is 6.90. The van der Waals surface area contributed by atoms with Crippen LogP contribution >= 0.6 is 0 Å². The first-order valence-corrected chi connectivity index (χ1v) is 9.71. The Bertz CT molecular complexity index is 790. The van der Waals surface area contributed by atoms with E-state index in [0.717, 1.165) is 11.1 Å². The zero-order valence-electron chi connectivity index (χ0n) is 17.2. The maximum absolute atomic E-state index is 12.9. The number of nitrogens with zero attached hydrogens (tertiary/aromatic N) is 1. The van der Waals surface area contributed by atoms with E-state index in [1.807, 2.05) is 69.3 Å². The standard InChI is InChI=1S/C23H30N2O3/c1-5-21(23(27)24-4)25(14-13-19-9-7-6-8-10-19)22(26)16-28-20-12-11-17(2)18(3)15-20/h6-12,15,21H,5,13-14,16H2,1-4H3,(H,24,27)/t21-/m0/s1. The number of nitrogens with one attached hydrogen (secondary N) is 1. The van der Waals surface area contributed by atoms with Gasteiger partial charge in [-0.05, 0) is 55.5 Å². The molecule has 0 bridgehead atoms. The van der Waals surface area contributed by atoms with Crippen LogP contribution in [0.25, 0.3) is 0 Å². The predicted octanol–water partition coefficient (Wildman–Crippen LogP) is 3.28. The molecule has 0 aliphatic heterocycles. The zero-order valence-corrected chi connectivity index (χ0v) is 17.2. The number of likely N-dealkylation sites (N-methyl/N-ethyl adjacent to an activating group) is 1. The van der Waals surface area contributed by atoms with Crippen LogP contribution in [0.5, 0.6) is 5.75 Å². The number of carbonyl (C=O) groups excluding carboxylic acids is 2. The Kier molecular flexibility index (Phi) is 8.05. The summed E-state index contributed by atoms with van der Waals surface area (Å²) in [6, 6.07) is 15.2. The van der Waals surface area contributed by atoms with E-state index in [4.69, 9.17) is 4.74 Å². The number of carbonyl (C=O) groups is 2. The Morgan fingerprint density at radius 3 is 2.39 bits per heavy atom. The van der Waals surface area contributed by atoms with Gasteiger partial charge in [-0.3, -0.25) is 9.59 Å². The van der Waals surface area contributed by atoms with Crippen LogP contribution in [-0.2, 0) is 16.0 Å². The molecule has 0 fully saturated rings. The first-order valence-electron chi connectivity index (χ1n) is 9.71. The Morgan fingerprint density at radius 1 is 1.07 bits per heavy atom. The summed E-state index contributed by atoms with van der Waals surface area (Å²) in [6.07, 6.45) is 1.23. The molecule has 0 aromatic heterocycles. The van der Waals surface area contributed by atoms with E-state index in [1.165, 1.54) is 5.56 Å². The summed E-state index contributed by atoms with van der Waals surface area (Å²) in [7, 11) is 1.59. The highest BCUT2D eigenvalue weighted by Crippen LogP contribution is 2.17. The van der Waals surface area contributed by atoms with E-state index >= 15 is 0 Å². The molecule has 2 amide bonds. The van der Waals surface area contributed by atoms with Crippen molar-refractivity contribution in [3.8, 4) is 5.75 Å². The van der Waals surface area contributed by atoms with Crippen molar-refractivity contribution in [3.63, 3.8) is 0 Å². The molecule has 0 heterocycles. The highest BCUT2D eigenvalue weighted by atomic mass is 16.5. The molecule has 1 atom stereocenters. The van der Waals surface area contributed by atoms with Gasteiger partial charge in [0.15, 0.2) is 6.61 Å². The van der Waals surface area contributed by atoms with E-state index in [1.54, 1.807) is 11.9 Å². The number of hydrogen-bond acceptors (Lipinski definition) is 3. The van der Waals surface area contributed by atoms with Crippen molar-refractivity contribution < 1.29 is 14.3 Å². The van der Waals surface area contributed by atoms with Crippen molar-refractivity contribution >= 4 is 11.8 Å². The molecule has 28 heavy (non-hydrogen) atoms. The van der Waals surface area contributed by atoms with Crippen molar-refractivity contribution in [1.82, 2.24) is 10.2 Å². The minimum absolute atomic E-state index is 0.0925. The van der Waals surface area contributed by atoms with E-state index < -0.39 is 6.04 Å². The van der Waals surface area contributed by atoms with Gasteiger partial charge in [0.1, 0.15) is 11.8 Å². The van der Waals surface area contributed by atoms with Gasteiger partial charge in [-0.1, -0.05) is 43.3 Å². The number of amides is 2. The normalized spacial score (nSPS) is 11.6. The van der Waals surface area contributed by atoms with Crippen LogP contribution in [0.2, 0.25) is 0 Å². The average Bonchev–Trinajstić information content (AvgIpc) is 2.72. The topological polar surface area (TPSA) is 58.6 Å². The molecule has 2 aromatic carbocycles. The summed E-state index contributed by atoms with van der Waals surface area (Å²) in [5, 5.41) is 2.66. The average molecular weight is 383 g/mol. The van der Waals surface area contributed by atoms with Crippen molar-refractivity contribution in [2.75, 3.05) is 20.2 Å². The van der Waals surface area contributed by atoms with Gasteiger partial charge in [-0.25, -0.2) is 0 Å². The molecular formula is C23H30N2O3. The third-order valence-electron chi connectivity index (χ3n) is 4.96. The van der Waals surface area contributed by atoms with Crippen molar-refractivity contribution in [1.29, 1.82) is 0 Å². The molecule has 0 saturated heterocycles. The van der Waals surface area contributed by atoms with Gasteiger partial charge in [0, 0.05) is 13.6 Å². The number of hydrogen-bond donors (Lipinski definition) is 1. The molecule has 5 heteroatoms. The molecule has 150 valence electrons. The Balaban J connectivity index is 2.10. The molecule has 0 aliphatic carbocycles. The van der Waals surface area contributed by atoms with Gasteiger partial charge in [0.05, 0.1) is 0 Å². The van der Waals surface area contributed by atoms with Crippen LogP contribution in [-0.4, -0.2) is 43.0 Å². The van der Waals surface area contributed by atoms with Gasteiger partial charge in [0.2, 0.25) is 5.91 Å². The van der Waals surface area contributed by atoms with Gasteiger partial charge >= 0.3 is 0 Å². The smallest absolute Gasteiger partial charge is 0.261 e. The fourth-order valence-electron chi connectivity index (χ4n) is 3.09. The van der Waals surface area contributed by atoms with Crippen LogP contribution in [0.4, 0.5) is 0 Å². The lowest BCUT2D eigenvalue weighted by molar-refractivity contribution is -0.142. The summed E-state index contributed by atoms with van der Waals surface area (Å²) >= 11 is 0. The fourth-order valence-corrected chi connectivity index (χ4v) is 3.09. The van der Waals surface area contributed by atoms with Crippen molar-refractivity contribution in [2.24, 2.45) is 0 Å². The van der Waals surface area contributed by atoms with E-state index in [0.29, 0.717) is 25.1 Å². The fraction of sp³-hybridized carbons (Fsp3) is 0.391. The number of aryl methyl sites for hydroxylation is 2. The first-order chi connectivity index (χ1) is 13.5. The maximum Gasteiger partial charge on any atom is 0.261 e. The molecule has 1 N–H and O–H groups in total. The van der Waals surface area contributed by atoms with Gasteiger partial charge in [-0.2, -0.15) is 0 Å². The zero-order chi connectivity index (χ0) is 20.5. The van der Waals surface area contributed by atoms with Crippen molar-refractivity contribution in [3.05, 3.63) is 65.2 Å². The van der Waals surface area contributed by atoms with Crippen LogP contribution in [0, 0.1) is 13.8 Å². The third-order valence-corrected chi connectivity index (χ3v) is 4.96. The lowest BCUT2D eigenvalue weighted by Crippen LogP contribution is -2.50. The van der Waals surface area contributed by atoms with Gasteiger partial charge in [-0.15, -0.1) is 0 Å². The molecule has 5 nitrogen and oxygen atoms in total. The molecule has 2 rings (SSSR count). The van der Waals surface area contributed by atoms with Crippen molar-refractivity contribution in [2.45, 2.75) is 39.7 Å². The van der Waals surface area contributed by atoms with Crippen LogP contribution < -0.4 is 10.1 Å². The molecule has 0 spiro atoms. The molecule has 2 aromatic rings. The first kappa shape index (κ1) is 21.5. The number of ether oxygens (including phenoxy) is 1. The second kappa shape index (κ2) is 10.5. The largest absolute Gasteiger partial charge is 0.484 e. The lowest BCUT2D eigenvalue weighted by atomic mass is 10.1. The summed E-state index contributed by atoms with van der Waals surface area (Å²) in [6.45, 7) is 6.32. The summed E-state index contributed by atoms with van der Waals surface area (Å²) < 4.78 is 5.72. The highest BCUT2D eigenvalue weighted by Gasteiger charge is 2.27. The molecular weight excluding hydrogens is 352 g/mol. The maximum atomic E-state index is 12.9. The SMILES string of the molecule is CC[C@@H](C(=O)NC)N(CCc1ccccc1)C(=O)COc1ccc(C)c(C)c1. The quantitative estimate of drug-likeness (QED) is 0.724. The monoisotopic (exact) mass is 382 g/mol. The van der Waals surface area contributed by atoms with Crippen LogP contribution in [0.1, 0.15) is 30.0 Å². The van der Waals surface area contributed by atoms with Crippen LogP contribution in [0.15, 0.2) is 48.5 Å². The van der Waals surface area contributed by atoms with E-state index in [2.05, 4.69) is 5.32 Å².